The van der Waals surface area contributed by atoms with E-state index in [2.05, 4.69) is 59.5 Å². The third-order valence-corrected chi connectivity index (χ3v) is 6.10. The fourth-order valence-corrected chi connectivity index (χ4v) is 4.59. The number of H-pyrrole nitrogens is 1. The van der Waals surface area contributed by atoms with Crippen molar-refractivity contribution in [3.8, 4) is 11.4 Å². The van der Waals surface area contributed by atoms with Crippen molar-refractivity contribution in [3.63, 3.8) is 0 Å². The maximum Gasteiger partial charge on any atom is 0.439 e. The highest BCUT2D eigenvalue weighted by Crippen LogP contribution is 2.50. The van der Waals surface area contributed by atoms with Crippen LogP contribution in [0.2, 0.25) is 0 Å². The van der Waals surface area contributed by atoms with Gasteiger partial charge in [0, 0.05) is 24.1 Å². The molecule has 1 fully saturated rings. The standard InChI is InChI=1S/C23H27N3O3/c1-15(2)16-8-10-18(11-9-16)23(28,22(3)13-26(4)14-22)19-7-5-6-17(12-19)20-24-21(27)29-25-20/h5-12,15,28H,13-14H2,1-4H3,(H,24,25,27)/t23-/m0/s1. The largest absolute Gasteiger partial charge is 0.439 e. The van der Waals surface area contributed by atoms with Crippen LogP contribution >= 0.6 is 0 Å². The molecule has 0 unspecified atom stereocenters. The summed E-state index contributed by atoms with van der Waals surface area (Å²) < 4.78 is 4.65. The van der Waals surface area contributed by atoms with Crippen LogP contribution in [-0.4, -0.2) is 40.3 Å². The number of aromatic amines is 1. The fourth-order valence-electron chi connectivity index (χ4n) is 4.59. The van der Waals surface area contributed by atoms with Crippen molar-refractivity contribution in [3.05, 3.63) is 75.8 Å². The molecular weight excluding hydrogens is 366 g/mol. The van der Waals surface area contributed by atoms with Gasteiger partial charge in [-0.2, -0.15) is 0 Å². The van der Waals surface area contributed by atoms with E-state index in [0.717, 1.165) is 24.2 Å². The van der Waals surface area contributed by atoms with Crippen LogP contribution in [0.15, 0.2) is 57.8 Å². The van der Waals surface area contributed by atoms with Gasteiger partial charge in [-0.15, -0.1) is 0 Å². The summed E-state index contributed by atoms with van der Waals surface area (Å²) in [6.07, 6.45) is 0. The average molecular weight is 393 g/mol. The molecule has 0 radical (unpaired) electrons. The molecule has 6 nitrogen and oxygen atoms in total. The van der Waals surface area contributed by atoms with E-state index in [4.69, 9.17) is 0 Å². The number of hydrogen-bond acceptors (Lipinski definition) is 5. The van der Waals surface area contributed by atoms with Gasteiger partial charge >= 0.3 is 5.76 Å². The van der Waals surface area contributed by atoms with E-state index >= 15 is 0 Å². The third kappa shape index (κ3) is 3.22. The first kappa shape index (κ1) is 19.6. The molecule has 1 saturated heterocycles. The van der Waals surface area contributed by atoms with Gasteiger partial charge in [-0.3, -0.25) is 9.51 Å². The van der Waals surface area contributed by atoms with E-state index in [0.29, 0.717) is 17.3 Å². The third-order valence-electron chi connectivity index (χ3n) is 6.10. The van der Waals surface area contributed by atoms with Gasteiger partial charge in [0.2, 0.25) is 0 Å². The average Bonchev–Trinajstić information content (AvgIpc) is 3.13. The molecule has 1 aromatic heterocycles. The van der Waals surface area contributed by atoms with Crippen molar-refractivity contribution in [2.45, 2.75) is 32.3 Å². The molecule has 1 atom stereocenters. The van der Waals surface area contributed by atoms with Gasteiger partial charge in [-0.25, -0.2) is 4.79 Å². The number of aromatic nitrogens is 2. The smallest absolute Gasteiger partial charge is 0.380 e. The lowest BCUT2D eigenvalue weighted by Gasteiger charge is -2.56. The summed E-state index contributed by atoms with van der Waals surface area (Å²) in [6.45, 7) is 7.99. The van der Waals surface area contributed by atoms with Crippen LogP contribution in [0.4, 0.5) is 0 Å². The zero-order valence-corrected chi connectivity index (χ0v) is 17.3. The highest BCUT2D eigenvalue weighted by atomic mass is 16.5. The minimum atomic E-state index is -1.19. The van der Waals surface area contributed by atoms with Crippen LogP contribution < -0.4 is 5.76 Å². The first-order chi connectivity index (χ1) is 13.7. The lowest BCUT2D eigenvalue weighted by atomic mass is 9.62. The first-order valence-corrected chi connectivity index (χ1v) is 9.91. The molecule has 29 heavy (non-hydrogen) atoms. The van der Waals surface area contributed by atoms with Crippen LogP contribution in [0.3, 0.4) is 0 Å². The Bertz CT molecular complexity index is 1060. The van der Waals surface area contributed by atoms with Crippen molar-refractivity contribution in [2.75, 3.05) is 20.1 Å². The zero-order valence-electron chi connectivity index (χ0n) is 17.3. The minimum absolute atomic E-state index is 0.350. The normalized spacial score (nSPS) is 18.4. The number of aliphatic hydroxyl groups is 1. The molecule has 152 valence electrons. The molecule has 3 aromatic rings. The van der Waals surface area contributed by atoms with Gasteiger partial charge in [0.1, 0.15) is 5.60 Å². The van der Waals surface area contributed by atoms with Gasteiger partial charge in [0.15, 0.2) is 5.82 Å². The van der Waals surface area contributed by atoms with Crippen molar-refractivity contribution in [1.82, 2.24) is 15.0 Å². The number of nitrogens with zero attached hydrogens (tertiary/aromatic N) is 2. The monoisotopic (exact) mass is 393 g/mol. The second kappa shape index (κ2) is 6.97. The van der Waals surface area contributed by atoms with Crippen LogP contribution in [-0.2, 0) is 5.60 Å². The lowest BCUT2D eigenvalue weighted by molar-refractivity contribution is -0.127. The van der Waals surface area contributed by atoms with E-state index in [-0.39, 0.29) is 5.41 Å². The summed E-state index contributed by atoms with van der Waals surface area (Å²) in [5.41, 5.74) is 2.03. The SMILES string of the molecule is CC(C)c1ccc([C@](O)(c2cccc(-c3noc(=O)[nH]3)c2)C2(C)CN(C)C2)cc1. The molecule has 1 aliphatic rings. The summed E-state index contributed by atoms with van der Waals surface area (Å²) in [5.74, 6) is 0.178. The van der Waals surface area contributed by atoms with Crippen molar-refractivity contribution in [1.29, 1.82) is 0 Å². The molecule has 0 amide bonds. The maximum absolute atomic E-state index is 12.2. The van der Waals surface area contributed by atoms with Gasteiger partial charge < -0.3 is 10.0 Å². The number of likely N-dealkylation sites (tertiary alicyclic amines) is 1. The number of nitrogens with one attached hydrogen (secondary N) is 1. The Labute approximate surface area is 170 Å². The van der Waals surface area contributed by atoms with Gasteiger partial charge in [0.25, 0.3) is 0 Å². The second-order valence-corrected chi connectivity index (χ2v) is 8.74. The highest BCUT2D eigenvalue weighted by molar-refractivity contribution is 5.57. The second-order valence-electron chi connectivity index (χ2n) is 8.74. The molecule has 4 rings (SSSR count). The van der Waals surface area contributed by atoms with E-state index in [9.17, 15) is 9.90 Å². The Kier molecular flexibility index (Phi) is 4.71. The van der Waals surface area contributed by atoms with Crippen molar-refractivity contribution < 1.29 is 9.63 Å². The van der Waals surface area contributed by atoms with Crippen LogP contribution in [0.5, 0.6) is 0 Å². The molecule has 0 aliphatic carbocycles. The summed E-state index contributed by atoms with van der Waals surface area (Å²) >= 11 is 0. The number of hydrogen-bond donors (Lipinski definition) is 2. The Morgan fingerprint density at radius 3 is 2.41 bits per heavy atom. The number of rotatable bonds is 5. The molecule has 2 aromatic carbocycles. The summed E-state index contributed by atoms with van der Waals surface area (Å²) in [4.78, 5) is 16.1. The van der Waals surface area contributed by atoms with Gasteiger partial charge in [-0.05, 0) is 35.7 Å². The van der Waals surface area contributed by atoms with Gasteiger partial charge in [-0.1, -0.05) is 68.4 Å². The molecule has 0 spiro atoms. The van der Waals surface area contributed by atoms with Crippen LogP contribution in [0.25, 0.3) is 11.4 Å². The molecule has 0 bridgehead atoms. The van der Waals surface area contributed by atoms with E-state index in [1.165, 1.54) is 5.56 Å². The summed E-state index contributed by atoms with van der Waals surface area (Å²) in [6, 6.07) is 15.8. The van der Waals surface area contributed by atoms with E-state index in [1.807, 2.05) is 36.4 Å². The minimum Gasteiger partial charge on any atom is -0.380 e. The molecule has 2 N–H and O–H groups in total. The van der Waals surface area contributed by atoms with E-state index in [1.54, 1.807) is 0 Å². The number of benzene rings is 2. The zero-order chi connectivity index (χ0) is 20.8. The first-order valence-electron chi connectivity index (χ1n) is 9.91. The summed E-state index contributed by atoms with van der Waals surface area (Å²) in [7, 11) is 2.06. The van der Waals surface area contributed by atoms with Crippen molar-refractivity contribution >= 4 is 0 Å². The van der Waals surface area contributed by atoms with Crippen molar-refractivity contribution in [2.24, 2.45) is 5.41 Å². The predicted molar refractivity (Wildman–Crippen MR) is 112 cm³/mol. The van der Waals surface area contributed by atoms with Crippen LogP contribution in [0, 0.1) is 5.41 Å². The molecule has 6 heteroatoms. The highest BCUT2D eigenvalue weighted by Gasteiger charge is 2.55. The molecule has 1 aliphatic heterocycles. The Morgan fingerprint density at radius 2 is 1.86 bits per heavy atom. The topological polar surface area (TPSA) is 82.4 Å². The van der Waals surface area contributed by atoms with Crippen LogP contribution in [0.1, 0.15) is 43.4 Å². The Morgan fingerprint density at radius 1 is 1.17 bits per heavy atom. The molecule has 0 saturated carbocycles. The molecule has 2 heterocycles. The van der Waals surface area contributed by atoms with Gasteiger partial charge in [0.05, 0.1) is 0 Å². The quantitative estimate of drug-likeness (QED) is 0.695. The summed E-state index contributed by atoms with van der Waals surface area (Å²) in [5, 5.41) is 16.0. The Balaban J connectivity index is 1.84. The fraction of sp³-hybridized carbons (Fsp3) is 0.391. The lowest BCUT2D eigenvalue weighted by Crippen LogP contribution is -2.63. The van der Waals surface area contributed by atoms with E-state index < -0.39 is 11.4 Å². The predicted octanol–water partition coefficient (Wildman–Crippen LogP) is 3.34. The molecular formula is C23H27N3O3. The maximum atomic E-state index is 12.2. The Hall–Kier alpha value is -2.70.